The van der Waals surface area contributed by atoms with Gasteiger partial charge in [-0.25, -0.2) is 0 Å². The monoisotopic (exact) mass is 860 g/mol. The molecule has 4 heterocycles. The Bertz CT molecular complexity index is 3660. The van der Waals surface area contributed by atoms with Gasteiger partial charge in [-0.1, -0.05) is 149 Å². The second-order valence-corrected chi connectivity index (χ2v) is 23.9. The van der Waals surface area contributed by atoms with E-state index in [9.17, 15) is 0 Å². The molecule has 1 saturated carbocycles. The fraction of sp³-hybridized carbons (Fsp3) is 0.323. The van der Waals surface area contributed by atoms with Crippen molar-refractivity contribution in [2.24, 2.45) is 10.8 Å². The van der Waals surface area contributed by atoms with Gasteiger partial charge >= 0.3 is 6.85 Å². The molecule has 0 unspecified atom stereocenters. The van der Waals surface area contributed by atoms with E-state index >= 15 is 0 Å². The Balaban J connectivity index is 1.22. The van der Waals surface area contributed by atoms with Crippen LogP contribution in [0.2, 0.25) is 0 Å². The zero-order chi connectivity index (χ0) is 45.8. The van der Waals surface area contributed by atoms with Gasteiger partial charge in [-0.15, -0.1) is 0 Å². The van der Waals surface area contributed by atoms with E-state index in [-0.39, 0.29) is 33.9 Å². The summed E-state index contributed by atoms with van der Waals surface area (Å²) in [6, 6.07) is 37.3. The molecule has 2 aliphatic heterocycles. The van der Waals surface area contributed by atoms with Crippen molar-refractivity contribution in [1.29, 1.82) is 0 Å². The van der Waals surface area contributed by atoms with E-state index in [1.54, 1.807) is 0 Å². The summed E-state index contributed by atoms with van der Waals surface area (Å²) in [6.07, 6.45) is 9.51. The van der Waals surface area contributed by atoms with E-state index in [1.165, 1.54) is 123 Å². The van der Waals surface area contributed by atoms with Crippen molar-refractivity contribution in [3.8, 4) is 11.1 Å². The third-order valence-corrected chi connectivity index (χ3v) is 17.9. The van der Waals surface area contributed by atoms with Crippen LogP contribution >= 0.6 is 0 Å². The van der Waals surface area contributed by atoms with Crippen molar-refractivity contribution < 1.29 is 4.42 Å². The number of furan rings is 1. The first-order valence-electron chi connectivity index (χ1n) is 24.6. The Kier molecular flexibility index (Phi) is 7.76. The summed E-state index contributed by atoms with van der Waals surface area (Å²) in [4.78, 5) is 2.71. The number of para-hydroxylation sites is 2. The van der Waals surface area contributed by atoms with Crippen LogP contribution in [0.25, 0.3) is 71.3 Å². The van der Waals surface area contributed by atoms with Crippen LogP contribution < -0.4 is 10.4 Å². The first kappa shape index (κ1) is 40.3. The Labute approximate surface area is 390 Å². The minimum absolute atomic E-state index is 0.0227. The lowest BCUT2D eigenvalue weighted by Crippen LogP contribution is -2.53. The number of hydrogen-bond donors (Lipinski definition) is 0. The van der Waals surface area contributed by atoms with Gasteiger partial charge in [-0.3, -0.25) is 0 Å². The summed E-state index contributed by atoms with van der Waals surface area (Å²) in [5.74, 6) is 0. The van der Waals surface area contributed by atoms with E-state index in [2.05, 4.69) is 195 Å². The fourth-order valence-corrected chi connectivity index (χ4v) is 13.7. The molecule has 0 N–H and O–H groups in total. The van der Waals surface area contributed by atoms with Gasteiger partial charge in [-0.2, -0.15) is 0 Å². The van der Waals surface area contributed by atoms with E-state index in [0.29, 0.717) is 0 Å². The third-order valence-electron chi connectivity index (χ3n) is 17.9. The van der Waals surface area contributed by atoms with Crippen LogP contribution in [0, 0.1) is 10.8 Å². The van der Waals surface area contributed by atoms with Crippen molar-refractivity contribution in [2.45, 2.75) is 118 Å². The SMILES string of the molecule is C=C1/C(=C\C=C(/C)N2C3=C(B4c5c(cc6oc7ccccc7c6c52)-c2cccc5c6cc7ccccc7cc6n4c25)C(C)(C)c2cc4c(cc23)C(C)(C)CCC4(C)C)C(C)(C)CCC1(C)C. The zero-order valence-corrected chi connectivity index (χ0v) is 40.8. The summed E-state index contributed by atoms with van der Waals surface area (Å²) < 4.78 is 9.79. The highest BCUT2D eigenvalue weighted by Crippen LogP contribution is 2.60. The highest BCUT2D eigenvalue weighted by molar-refractivity contribution is 6.86. The molecule has 0 atom stereocenters. The summed E-state index contributed by atoms with van der Waals surface area (Å²) in [6.45, 7) is 31.6. The van der Waals surface area contributed by atoms with Gasteiger partial charge in [0.05, 0.1) is 11.1 Å². The van der Waals surface area contributed by atoms with Crippen molar-refractivity contribution in [3.63, 3.8) is 0 Å². The molecule has 3 nitrogen and oxygen atoms in total. The number of anilines is 1. The van der Waals surface area contributed by atoms with E-state index in [0.717, 1.165) is 29.4 Å². The first-order valence-corrected chi connectivity index (χ1v) is 24.6. The van der Waals surface area contributed by atoms with Crippen LogP contribution in [0.5, 0.6) is 0 Å². The summed E-state index contributed by atoms with van der Waals surface area (Å²) in [5, 5.41) is 7.51. The number of nitrogens with zero attached hydrogens (tertiary/aromatic N) is 2. The van der Waals surface area contributed by atoms with Gasteiger partial charge in [0.1, 0.15) is 11.2 Å². The molecule has 0 amide bonds. The number of hydrogen-bond acceptors (Lipinski definition) is 2. The van der Waals surface area contributed by atoms with Crippen molar-refractivity contribution in [3.05, 3.63) is 160 Å². The minimum Gasteiger partial charge on any atom is -0.456 e. The standard InChI is InChI=1S/C62H61BN2O/c1-35(24-25-45-36(2)58(3,4)26-27-59(45,5)6)64-55-44-32-47-48(61(9,10)29-28-60(47,7)8)34-46(44)62(11,12)57(55)63-53-43(33-51-52(56(53)64)41-20-15-16-23-50(41)66-51)40-22-17-21-39-42-30-37-18-13-14-19-38(37)31-49(42)65(63)54(39)40/h13-25,30-34H,2,26-29H2,1,3-12H3/b35-24+,45-25+. The smallest absolute Gasteiger partial charge is 0.329 e. The molecule has 0 bridgehead atoms. The van der Waals surface area contributed by atoms with E-state index in [1.807, 2.05) is 0 Å². The molecule has 0 radical (unpaired) electrons. The fourth-order valence-electron chi connectivity index (χ4n) is 13.7. The second kappa shape index (κ2) is 12.7. The predicted molar refractivity (Wildman–Crippen MR) is 282 cm³/mol. The molecular weight excluding hydrogens is 800 g/mol. The van der Waals surface area contributed by atoms with Gasteiger partial charge in [-0.05, 0) is 146 Å². The van der Waals surface area contributed by atoms with Crippen molar-refractivity contribution in [1.82, 2.24) is 4.48 Å². The maximum Gasteiger partial charge on any atom is 0.329 e. The van der Waals surface area contributed by atoms with Crippen LogP contribution in [0.15, 0.2) is 143 Å². The van der Waals surface area contributed by atoms with Crippen LogP contribution in [-0.2, 0) is 16.2 Å². The summed E-state index contributed by atoms with van der Waals surface area (Å²) >= 11 is 0. The lowest BCUT2D eigenvalue weighted by molar-refractivity contribution is 0.261. The normalized spacial score (nSPS) is 21.3. The Morgan fingerprint density at radius 3 is 2.03 bits per heavy atom. The minimum atomic E-state index is -0.308. The molecule has 1 fully saturated rings. The highest BCUT2D eigenvalue weighted by Gasteiger charge is 2.55. The first-order chi connectivity index (χ1) is 31.3. The quantitative estimate of drug-likeness (QED) is 0.162. The summed E-state index contributed by atoms with van der Waals surface area (Å²) in [5.41, 5.74) is 22.0. The molecule has 2 aromatic heterocycles. The Morgan fingerprint density at radius 2 is 1.27 bits per heavy atom. The third kappa shape index (κ3) is 5.06. The van der Waals surface area contributed by atoms with Gasteiger partial charge in [0.15, 0.2) is 0 Å². The lowest BCUT2D eigenvalue weighted by Gasteiger charge is -2.44. The highest BCUT2D eigenvalue weighted by atomic mass is 16.3. The molecule has 0 saturated heterocycles. The second-order valence-electron chi connectivity index (χ2n) is 23.9. The van der Waals surface area contributed by atoms with Crippen LogP contribution in [-0.4, -0.2) is 11.3 Å². The van der Waals surface area contributed by atoms with Gasteiger partial charge in [0, 0.05) is 55.1 Å². The van der Waals surface area contributed by atoms with Gasteiger partial charge in [0.25, 0.3) is 0 Å². The van der Waals surface area contributed by atoms with Crippen molar-refractivity contribution >= 4 is 78.2 Å². The maximum atomic E-state index is 7.02. The molecule has 0 spiro atoms. The average Bonchev–Trinajstić information content (AvgIpc) is 3.89. The number of aromatic nitrogens is 1. The van der Waals surface area contributed by atoms with E-state index in [4.69, 9.17) is 11.0 Å². The number of fused-ring (bicyclic) bond motifs is 14. The van der Waals surface area contributed by atoms with E-state index < -0.39 is 0 Å². The largest absolute Gasteiger partial charge is 0.456 e. The van der Waals surface area contributed by atoms with Gasteiger partial charge < -0.3 is 13.8 Å². The molecule has 4 heteroatoms. The molecule has 13 rings (SSSR count). The molecule has 5 aliphatic rings. The van der Waals surface area contributed by atoms with Crippen LogP contribution in [0.1, 0.15) is 124 Å². The average molecular weight is 861 g/mol. The molecular formula is C62H61BN2O. The molecule has 6 aromatic carbocycles. The summed E-state index contributed by atoms with van der Waals surface area (Å²) in [7, 11) is 0. The Morgan fingerprint density at radius 1 is 0.621 bits per heavy atom. The topological polar surface area (TPSA) is 21.3 Å². The number of benzene rings is 6. The molecule has 328 valence electrons. The van der Waals surface area contributed by atoms with Gasteiger partial charge in [0.2, 0.25) is 0 Å². The van der Waals surface area contributed by atoms with Crippen LogP contribution in [0.4, 0.5) is 5.69 Å². The number of rotatable bonds is 2. The maximum absolute atomic E-state index is 7.02. The molecule has 3 aliphatic carbocycles. The van der Waals surface area contributed by atoms with Crippen molar-refractivity contribution in [2.75, 3.05) is 4.90 Å². The predicted octanol–water partition coefficient (Wildman–Crippen LogP) is 16.2. The van der Waals surface area contributed by atoms with Crippen LogP contribution in [0.3, 0.4) is 0 Å². The Hall–Kier alpha value is -6.00. The lowest BCUT2D eigenvalue weighted by atomic mass is 9.40. The molecule has 66 heavy (non-hydrogen) atoms. The number of allylic oxidation sites excluding steroid dienone is 6. The zero-order valence-electron chi connectivity index (χ0n) is 40.8. The molecule has 8 aromatic rings.